The monoisotopic (exact) mass is 218 g/mol. The topological polar surface area (TPSA) is 26.3 Å². The van der Waals surface area contributed by atoms with Crippen molar-refractivity contribution in [3.8, 4) is 5.75 Å². The summed E-state index contributed by atoms with van der Waals surface area (Å²) in [7, 11) is 1.68. The highest BCUT2D eigenvalue weighted by molar-refractivity contribution is 5.56. The molecule has 2 atom stereocenters. The van der Waals surface area contributed by atoms with E-state index in [0.29, 0.717) is 5.92 Å². The van der Waals surface area contributed by atoms with Crippen LogP contribution in [0.5, 0.6) is 5.75 Å². The highest BCUT2D eigenvalue weighted by Gasteiger charge is 2.25. The summed E-state index contributed by atoms with van der Waals surface area (Å²) in [6.45, 7) is 2.01. The van der Waals surface area contributed by atoms with Crippen LogP contribution in [-0.2, 0) is 11.2 Å². The van der Waals surface area contributed by atoms with Crippen molar-refractivity contribution >= 4 is 6.29 Å². The van der Waals surface area contributed by atoms with Crippen molar-refractivity contribution in [1.29, 1.82) is 0 Å². The predicted octanol–water partition coefficient (Wildman–Crippen LogP) is 2.95. The minimum atomic E-state index is 0.103. The van der Waals surface area contributed by atoms with Crippen molar-refractivity contribution in [3.05, 3.63) is 29.3 Å². The Bertz CT molecular complexity index is 384. The van der Waals surface area contributed by atoms with E-state index in [1.165, 1.54) is 17.5 Å². The van der Waals surface area contributed by atoms with Gasteiger partial charge >= 0.3 is 0 Å². The molecule has 0 aliphatic heterocycles. The molecule has 0 radical (unpaired) electrons. The summed E-state index contributed by atoms with van der Waals surface area (Å²) in [6, 6.07) is 6.24. The molecule has 2 heteroatoms. The molecule has 0 bridgehead atoms. The van der Waals surface area contributed by atoms with E-state index in [2.05, 4.69) is 12.1 Å². The number of hydrogen-bond acceptors (Lipinski definition) is 2. The summed E-state index contributed by atoms with van der Waals surface area (Å²) >= 11 is 0. The third-order valence-electron chi connectivity index (χ3n) is 3.56. The molecule has 0 heterocycles. The zero-order valence-electron chi connectivity index (χ0n) is 9.90. The first kappa shape index (κ1) is 11.2. The Balaban J connectivity index is 2.38. The van der Waals surface area contributed by atoms with Crippen LogP contribution in [0, 0.1) is 5.92 Å². The smallest absolute Gasteiger partial charge is 0.123 e. The fraction of sp³-hybridized carbons (Fsp3) is 0.500. The van der Waals surface area contributed by atoms with Gasteiger partial charge in [0.15, 0.2) is 0 Å². The Hall–Kier alpha value is -1.31. The molecule has 1 aromatic rings. The van der Waals surface area contributed by atoms with Crippen molar-refractivity contribution in [2.75, 3.05) is 7.11 Å². The number of carbonyl (C=O) groups excluding carboxylic acids is 1. The van der Waals surface area contributed by atoms with Gasteiger partial charge in [-0.2, -0.15) is 0 Å². The Morgan fingerprint density at radius 1 is 1.50 bits per heavy atom. The van der Waals surface area contributed by atoms with Gasteiger partial charge < -0.3 is 9.53 Å². The molecule has 0 saturated carbocycles. The SMILES string of the molecule is COc1ccc2c(c1)C(C(C)C=O)CCC2. The first-order valence-corrected chi connectivity index (χ1v) is 5.88. The molecule has 16 heavy (non-hydrogen) atoms. The average molecular weight is 218 g/mol. The molecule has 2 nitrogen and oxygen atoms in total. The lowest BCUT2D eigenvalue weighted by Crippen LogP contribution is -2.17. The summed E-state index contributed by atoms with van der Waals surface area (Å²) in [5.41, 5.74) is 2.69. The van der Waals surface area contributed by atoms with Gasteiger partial charge in [0.25, 0.3) is 0 Å². The Kier molecular flexibility index (Phi) is 3.28. The van der Waals surface area contributed by atoms with E-state index >= 15 is 0 Å². The molecule has 1 aliphatic carbocycles. The second-order valence-corrected chi connectivity index (χ2v) is 4.56. The first-order valence-electron chi connectivity index (χ1n) is 5.88. The average Bonchev–Trinajstić information content (AvgIpc) is 2.36. The van der Waals surface area contributed by atoms with Crippen LogP contribution in [0.4, 0.5) is 0 Å². The molecule has 0 amide bonds. The highest BCUT2D eigenvalue weighted by atomic mass is 16.5. The molecule has 86 valence electrons. The second-order valence-electron chi connectivity index (χ2n) is 4.56. The van der Waals surface area contributed by atoms with E-state index in [-0.39, 0.29) is 5.92 Å². The molecule has 2 rings (SSSR count). The van der Waals surface area contributed by atoms with Gasteiger partial charge in [-0.05, 0) is 48.4 Å². The molecule has 0 saturated heterocycles. The number of carbonyl (C=O) groups is 1. The minimum absolute atomic E-state index is 0.103. The maximum atomic E-state index is 10.9. The van der Waals surface area contributed by atoms with Crippen molar-refractivity contribution in [2.45, 2.75) is 32.1 Å². The molecule has 0 spiro atoms. The van der Waals surface area contributed by atoms with Crippen LogP contribution >= 0.6 is 0 Å². The largest absolute Gasteiger partial charge is 0.497 e. The zero-order valence-corrected chi connectivity index (χ0v) is 9.90. The third-order valence-corrected chi connectivity index (χ3v) is 3.56. The Morgan fingerprint density at radius 3 is 3.00 bits per heavy atom. The number of rotatable bonds is 3. The minimum Gasteiger partial charge on any atom is -0.497 e. The second kappa shape index (κ2) is 4.69. The highest BCUT2D eigenvalue weighted by Crippen LogP contribution is 2.37. The first-order chi connectivity index (χ1) is 7.76. The number of benzene rings is 1. The lowest BCUT2D eigenvalue weighted by molar-refractivity contribution is -0.111. The lowest BCUT2D eigenvalue weighted by atomic mass is 9.77. The van der Waals surface area contributed by atoms with Gasteiger partial charge in [0.2, 0.25) is 0 Å². The van der Waals surface area contributed by atoms with E-state index in [4.69, 9.17) is 4.74 Å². The zero-order chi connectivity index (χ0) is 11.5. The Morgan fingerprint density at radius 2 is 2.31 bits per heavy atom. The van der Waals surface area contributed by atoms with Gasteiger partial charge in [-0.25, -0.2) is 0 Å². The van der Waals surface area contributed by atoms with Gasteiger partial charge in [0.1, 0.15) is 12.0 Å². The molecule has 1 aliphatic rings. The third kappa shape index (κ3) is 1.97. The fourth-order valence-electron chi connectivity index (χ4n) is 2.58. The molecule has 0 aromatic heterocycles. The molecule has 0 fully saturated rings. The summed E-state index contributed by atoms with van der Waals surface area (Å²) in [4.78, 5) is 10.9. The van der Waals surface area contributed by atoms with Crippen LogP contribution in [0.15, 0.2) is 18.2 Å². The van der Waals surface area contributed by atoms with Gasteiger partial charge in [-0.3, -0.25) is 0 Å². The standard InChI is InChI=1S/C14H18O2/c1-10(9-15)13-5-3-4-11-6-7-12(16-2)8-14(11)13/h6-10,13H,3-5H2,1-2H3. The molecular formula is C14H18O2. The molecule has 1 aromatic carbocycles. The van der Waals surface area contributed by atoms with Crippen molar-refractivity contribution in [2.24, 2.45) is 5.92 Å². The van der Waals surface area contributed by atoms with Crippen LogP contribution in [0.2, 0.25) is 0 Å². The number of aldehydes is 1. The number of aryl methyl sites for hydroxylation is 1. The maximum Gasteiger partial charge on any atom is 0.123 e. The van der Waals surface area contributed by atoms with Crippen LogP contribution in [0.25, 0.3) is 0 Å². The molecule has 0 N–H and O–H groups in total. The van der Waals surface area contributed by atoms with Crippen LogP contribution in [-0.4, -0.2) is 13.4 Å². The van der Waals surface area contributed by atoms with Gasteiger partial charge in [-0.1, -0.05) is 13.0 Å². The van der Waals surface area contributed by atoms with E-state index in [1.54, 1.807) is 7.11 Å². The normalized spacial score (nSPS) is 21.0. The van der Waals surface area contributed by atoms with Crippen molar-refractivity contribution < 1.29 is 9.53 Å². The van der Waals surface area contributed by atoms with Crippen LogP contribution in [0.1, 0.15) is 36.8 Å². The van der Waals surface area contributed by atoms with E-state index in [0.717, 1.165) is 24.9 Å². The van der Waals surface area contributed by atoms with Gasteiger partial charge in [0.05, 0.1) is 7.11 Å². The number of fused-ring (bicyclic) bond motifs is 1. The number of ether oxygens (including phenoxy) is 1. The predicted molar refractivity (Wildman–Crippen MR) is 63.9 cm³/mol. The summed E-state index contributed by atoms with van der Waals surface area (Å²) in [5.74, 6) is 1.37. The summed E-state index contributed by atoms with van der Waals surface area (Å²) in [6.07, 6.45) is 4.49. The maximum absolute atomic E-state index is 10.9. The summed E-state index contributed by atoms with van der Waals surface area (Å²) < 4.78 is 5.25. The van der Waals surface area contributed by atoms with Gasteiger partial charge in [0, 0.05) is 5.92 Å². The van der Waals surface area contributed by atoms with Crippen LogP contribution < -0.4 is 4.74 Å². The Labute approximate surface area is 96.6 Å². The molecular weight excluding hydrogens is 200 g/mol. The van der Waals surface area contributed by atoms with Crippen LogP contribution in [0.3, 0.4) is 0 Å². The van der Waals surface area contributed by atoms with Crippen molar-refractivity contribution in [3.63, 3.8) is 0 Å². The molecule has 2 unspecified atom stereocenters. The quantitative estimate of drug-likeness (QED) is 0.729. The number of hydrogen-bond donors (Lipinski definition) is 0. The summed E-state index contributed by atoms with van der Waals surface area (Å²) in [5, 5.41) is 0. The lowest BCUT2D eigenvalue weighted by Gasteiger charge is -2.28. The van der Waals surface area contributed by atoms with E-state index < -0.39 is 0 Å². The fourth-order valence-corrected chi connectivity index (χ4v) is 2.58. The van der Waals surface area contributed by atoms with Crippen molar-refractivity contribution in [1.82, 2.24) is 0 Å². The van der Waals surface area contributed by atoms with Gasteiger partial charge in [-0.15, -0.1) is 0 Å². The number of methoxy groups -OCH3 is 1. The van der Waals surface area contributed by atoms with E-state index in [1.807, 2.05) is 13.0 Å². The van der Waals surface area contributed by atoms with E-state index in [9.17, 15) is 4.79 Å².